The van der Waals surface area contributed by atoms with Gasteiger partial charge < -0.3 is 19.9 Å². The highest BCUT2D eigenvalue weighted by molar-refractivity contribution is 6.76. The summed E-state index contributed by atoms with van der Waals surface area (Å²) in [4.78, 5) is 15.4. The van der Waals surface area contributed by atoms with E-state index in [0.717, 1.165) is 39.7 Å². The van der Waals surface area contributed by atoms with E-state index in [1.165, 1.54) is 6.33 Å². The first-order valence-corrected chi connectivity index (χ1v) is 17.3. The number of nitrogens with zero attached hydrogens (tertiary/aromatic N) is 5. The molecule has 3 heterocycles. The van der Waals surface area contributed by atoms with Crippen molar-refractivity contribution in [1.82, 2.24) is 24.4 Å². The molecule has 0 aliphatic rings. The van der Waals surface area contributed by atoms with Crippen LogP contribution in [0, 0.1) is 0 Å². The molecule has 4 rings (SSSR count). The molecule has 0 radical (unpaired) electrons. The largest absolute Gasteiger partial charge is 0.493 e. The summed E-state index contributed by atoms with van der Waals surface area (Å²) in [6.07, 6.45) is 2.71. The van der Waals surface area contributed by atoms with Crippen molar-refractivity contribution in [3.63, 3.8) is 0 Å². The Hall–Kier alpha value is -3.70. The lowest BCUT2D eigenvalue weighted by atomic mass is 9.93. The Bertz CT molecular complexity index is 1460. The van der Waals surface area contributed by atoms with Crippen LogP contribution in [-0.4, -0.2) is 58.9 Å². The van der Waals surface area contributed by atoms with Gasteiger partial charge in [-0.3, -0.25) is 0 Å². The van der Waals surface area contributed by atoms with Crippen molar-refractivity contribution in [3.05, 3.63) is 54.0 Å². The lowest BCUT2D eigenvalue weighted by Gasteiger charge is -2.17. The number of carbonyl (C=O) groups is 1. The van der Waals surface area contributed by atoms with Crippen LogP contribution in [0.3, 0.4) is 0 Å². The molecule has 0 saturated heterocycles. The number of nitrogens with two attached hydrogens (primary N) is 1. The quantitative estimate of drug-likeness (QED) is 0.168. The predicted molar refractivity (Wildman–Crippen MR) is 158 cm³/mol. The summed E-state index contributed by atoms with van der Waals surface area (Å²) in [6.45, 7) is 14.6. The van der Waals surface area contributed by atoms with E-state index in [9.17, 15) is 4.79 Å². The van der Waals surface area contributed by atoms with Gasteiger partial charge in [0.15, 0.2) is 11.4 Å². The minimum atomic E-state index is -1.24. The Labute approximate surface area is 236 Å². The predicted octanol–water partition coefficient (Wildman–Crippen LogP) is 5.90. The molecule has 0 aliphatic heterocycles. The molecule has 1 unspecified atom stereocenters. The van der Waals surface area contributed by atoms with Gasteiger partial charge in [-0.1, -0.05) is 64.7 Å². The minimum absolute atomic E-state index is 0.0147. The number of benzene rings is 1. The van der Waals surface area contributed by atoms with Gasteiger partial charge in [0, 0.05) is 43.5 Å². The maximum Gasteiger partial charge on any atom is 0.404 e. The van der Waals surface area contributed by atoms with Gasteiger partial charge in [0.05, 0.1) is 25.1 Å². The van der Waals surface area contributed by atoms with E-state index in [0.29, 0.717) is 24.7 Å². The van der Waals surface area contributed by atoms with Crippen LogP contribution in [0.25, 0.3) is 28.2 Å². The van der Waals surface area contributed by atoms with Crippen LogP contribution in [-0.2, 0) is 16.2 Å². The van der Waals surface area contributed by atoms with Gasteiger partial charge >= 0.3 is 6.09 Å². The Morgan fingerprint density at radius 2 is 1.82 bits per heavy atom. The van der Waals surface area contributed by atoms with E-state index in [1.54, 1.807) is 11.6 Å². The molecule has 0 bridgehead atoms. The second kappa shape index (κ2) is 12.2. The number of pyridine rings is 1. The number of fused-ring (bicyclic) bond motifs is 1. The number of carbonyl (C=O) groups excluding carboxylic acids is 1. The molecule has 1 amide bonds. The van der Waals surface area contributed by atoms with Crippen molar-refractivity contribution in [1.29, 1.82) is 0 Å². The van der Waals surface area contributed by atoms with Crippen LogP contribution in [0.15, 0.2) is 42.9 Å². The molecule has 2 N–H and O–H groups in total. The number of ether oxygens (including phenoxy) is 3. The summed E-state index contributed by atoms with van der Waals surface area (Å²) in [5, 5.41) is 9.47. The van der Waals surface area contributed by atoms with E-state index in [-0.39, 0.29) is 18.4 Å². The van der Waals surface area contributed by atoms with Gasteiger partial charge in [-0.2, -0.15) is 10.2 Å². The summed E-state index contributed by atoms with van der Waals surface area (Å²) >= 11 is 0. The Morgan fingerprint density at radius 3 is 2.45 bits per heavy atom. The molecule has 11 heteroatoms. The van der Waals surface area contributed by atoms with Crippen LogP contribution in [0.1, 0.15) is 43.7 Å². The maximum absolute atomic E-state index is 11.0. The zero-order chi connectivity index (χ0) is 29.0. The molecule has 0 spiro atoms. The SMILES string of the molecule is COc1cc(-c2c(C(C)C)c(-c3ccc(C(C)COC(N)=O)cc3)nn2COCC[Si](C)(C)C)cn2ncnc12. The van der Waals surface area contributed by atoms with Gasteiger partial charge in [0.1, 0.15) is 13.1 Å². The Kier molecular flexibility index (Phi) is 8.94. The molecule has 10 nitrogen and oxygen atoms in total. The molecular weight excluding hydrogens is 524 g/mol. The third-order valence-corrected chi connectivity index (χ3v) is 8.54. The Morgan fingerprint density at radius 1 is 1.10 bits per heavy atom. The van der Waals surface area contributed by atoms with Crippen LogP contribution >= 0.6 is 0 Å². The van der Waals surface area contributed by atoms with E-state index < -0.39 is 14.2 Å². The van der Waals surface area contributed by atoms with Gasteiger partial charge in [0.2, 0.25) is 0 Å². The third kappa shape index (κ3) is 6.71. The monoisotopic (exact) mass is 564 g/mol. The van der Waals surface area contributed by atoms with Crippen molar-refractivity contribution in [2.75, 3.05) is 20.3 Å². The van der Waals surface area contributed by atoms with Crippen LogP contribution < -0.4 is 10.5 Å². The highest BCUT2D eigenvalue weighted by Crippen LogP contribution is 2.39. The second-order valence-corrected chi connectivity index (χ2v) is 17.2. The first-order valence-electron chi connectivity index (χ1n) is 13.6. The number of hydrogen-bond donors (Lipinski definition) is 1. The lowest BCUT2D eigenvalue weighted by molar-refractivity contribution is 0.0799. The summed E-state index contributed by atoms with van der Waals surface area (Å²) in [5.74, 6) is 0.816. The molecule has 0 fully saturated rings. The van der Waals surface area contributed by atoms with Crippen molar-refractivity contribution < 1.29 is 19.0 Å². The summed E-state index contributed by atoms with van der Waals surface area (Å²) in [7, 11) is 0.399. The molecule has 1 atom stereocenters. The first-order chi connectivity index (χ1) is 19.0. The van der Waals surface area contributed by atoms with Gasteiger partial charge in [-0.05, 0) is 23.6 Å². The number of aromatic nitrogens is 5. The average molecular weight is 565 g/mol. The molecule has 1 aromatic carbocycles. The number of methoxy groups -OCH3 is 1. The average Bonchev–Trinajstić information content (AvgIpc) is 3.53. The smallest absolute Gasteiger partial charge is 0.404 e. The zero-order valence-corrected chi connectivity index (χ0v) is 25.5. The first kappa shape index (κ1) is 29.3. The molecule has 3 aromatic heterocycles. The highest BCUT2D eigenvalue weighted by atomic mass is 28.3. The molecule has 4 aromatic rings. The van der Waals surface area contributed by atoms with Crippen molar-refractivity contribution in [3.8, 4) is 28.3 Å². The topological polar surface area (TPSA) is 119 Å². The normalized spacial score (nSPS) is 12.7. The fourth-order valence-corrected chi connectivity index (χ4v) is 5.37. The summed E-state index contributed by atoms with van der Waals surface area (Å²) in [5.41, 5.74) is 11.7. The maximum atomic E-state index is 11.0. The fraction of sp³-hybridized carbons (Fsp3) is 0.448. The number of primary amides is 1. The highest BCUT2D eigenvalue weighted by Gasteiger charge is 2.25. The van der Waals surface area contributed by atoms with E-state index in [4.69, 9.17) is 25.0 Å². The van der Waals surface area contributed by atoms with Gasteiger partial charge in [-0.15, -0.1) is 0 Å². The fourth-order valence-electron chi connectivity index (χ4n) is 4.61. The van der Waals surface area contributed by atoms with Crippen LogP contribution in [0.4, 0.5) is 4.79 Å². The van der Waals surface area contributed by atoms with E-state index in [1.807, 2.05) is 36.0 Å². The van der Waals surface area contributed by atoms with Crippen molar-refractivity contribution >= 4 is 19.8 Å². The molecule has 0 saturated carbocycles. The number of amides is 1. The van der Waals surface area contributed by atoms with Crippen LogP contribution in [0.2, 0.25) is 25.7 Å². The van der Waals surface area contributed by atoms with Crippen molar-refractivity contribution in [2.24, 2.45) is 5.73 Å². The minimum Gasteiger partial charge on any atom is -0.493 e. The summed E-state index contributed by atoms with van der Waals surface area (Å²) < 4.78 is 20.5. The van der Waals surface area contributed by atoms with Gasteiger partial charge in [-0.25, -0.2) is 19.0 Å². The zero-order valence-electron chi connectivity index (χ0n) is 24.5. The lowest BCUT2D eigenvalue weighted by Crippen LogP contribution is -2.22. The van der Waals surface area contributed by atoms with Gasteiger partial charge in [0.25, 0.3) is 0 Å². The van der Waals surface area contributed by atoms with Crippen molar-refractivity contribution in [2.45, 2.75) is 65.0 Å². The molecule has 0 aliphatic carbocycles. The molecule has 214 valence electrons. The standard InChI is InChI=1S/C29H40N6O4Si/c1-19(2)25-26(22-10-8-21(9-11-22)20(3)16-39-29(30)36)33-35(18-38-12-13-40(5,6)7)27(25)23-14-24(37-4)28-31-17-32-34(28)15-23/h8-11,14-15,17,19-20H,12-13,16,18H2,1-7H3,(H2,30,36). The molecule has 40 heavy (non-hydrogen) atoms. The number of rotatable bonds is 12. The summed E-state index contributed by atoms with van der Waals surface area (Å²) in [6, 6.07) is 11.3. The second-order valence-electron chi connectivity index (χ2n) is 11.6. The molecular formula is C29H40N6O4Si. The number of hydrogen-bond acceptors (Lipinski definition) is 7. The Balaban J connectivity index is 1.78. The third-order valence-electron chi connectivity index (χ3n) is 6.84. The van der Waals surface area contributed by atoms with E-state index >= 15 is 0 Å². The van der Waals surface area contributed by atoms with E-state index in [2.05, 4.69) is 55.7 Å². The van der Waals surface area contributed by atoms with Crippen LogP contribution in [0.5, 0.6) is 5.75 Å².